The first-order valence-electron chi connectivity index (χ1n) is 6.00. The molecule has 0 unspecified atom stereocenters. The molecule has 0 spiro atoms. The summed E-state index contributed by atoms with van der Waals surface area (Å²) in [5.41, 5.74) is 4.65. The van der Waals surface area contributed by atoms with Gasteiger partial charge in [-0.05, 0) is 23.6 Å². The van der Waals surface area contributed by atoms with Gasteiger partial charge in [-0.1, -0.05) is 22.8 Å². The van der Waals surface area contributed by atoms with Crippen LogP contribution in [0.1, 0.15) is 20.2 Å². The van der Waals surface area contributed by atoms with Crippen molar-refractivity contribution in [3.05, 3.63) is 50.6 Å². The molecule has 3 heterocycles. The molecule has 0 aliphatic heterocycles. The molecule has 0 aromatic carbocycles. The number of carbonyl (C=O) groups excluding carboxylic acids is 2. The van der Waals surface area contributed by atoms with E-state index in [1.165, 1.54) is 28.7 Å². The lowest BCUT2D eigenvalue weighted by Crippen LogP contribution is -2.41. The van der Waals surface area contributed by atoms with Gasteiger partial charge < -0.3 is 4.52 Å². The van der Waals surface area contributed by atoms with Gasteiger partial charge in [0.25, 0.3) is 11.8 Å². The predicted octanol–water partition coefficient (Wildman–Crippen LogP) is 3.19. The molecule has 22 heavy (non-hydrogen) atoms. The van der Waals surface area contributed by atoms with Crippen LogP contribution in [-0.4, -0.2) is 17.0 Å². The van der Waals surface area contributed by atoms with Crippen LogP contribution in [0, 0.1) is 0 Å². The Bertz CT molecular complexity index is 810. The Morgan fingerprint density at radius 2 is 2.00 bits per heavy atom. The molecule has 0 aliphatic carbocycles. The fraction of sp³-hybridized carbons (Fsp3) is 0. The SMILES string of the molecule is O=C(NNC(=O)c1cccs1)c1cc(-c2ccc(Cl)s2)on1. The second-order valence-corrected chi connectivity index (χ2v) is 6.73. The zero-order valence-electron chi connectivity index (χ0n) is 10.8. The fourth-order valence-corrected chi connectivity index (χ4v) is 3.20. The molecule has 0 saturated carbocycles. The Labute approximate surface area is 137 Å². The summed E-state index contributed by atoms with van der Waals surface area (Å²) in [7, 11) is 0. The van der Waals surface area contributed by atoms with Gasteiger partial charge in [0, 0.05) is 6.07 Å². The van der Waals surface area contributed by atoms with Gasteiger partial charge in [0.15, 0.2) is 11.5 Å². The Hall–Kier alpha value is -2.16. The molecule has 9 heteroatoms. The van der Waals surface area contributed by atoms with E-state index in [0.29, 0.717) is 15.0 Å². The zero-order chi connectivity index (χ0) is 15.5. The van der Waals surface area contributed by atoms with E-state index in [2.05, 4.69) is 16.0 Å². The quantitative estimate of drug-likeness (QED) is 0.708. The van der Waals surface area contributed by atoms with E-state index in [0.717, 1.165) is 4.88 Å². The zero-order valence-corrected chi connectivity index (χ0v) is 13.2. The van der Waals surface area contributed by atoms with Crippen LogP contribution in [0.4, 0.5) is 0 Å². The van der Waals surface area contributed by atoms with Gasteiger partial charge in [-0.2, -0.15) is 0 Å². The van der Waals surface area contributed by atoms with Crippen LogP contribution in [0.15, 0.2) is 40.2 Å². The van der Waals surface area contributed by atoms with Crippen molar-refractivity contribution < 1.29 is 14.1 Å². The predicted molar refractivity (Wildman–Crippen MR) is 84.1 cm³/mol. The molecule has 0 atom stereocenters. The standard InChI is InChI=1S/C13H8ClN3O3S2/c14-11-4-3-9(22-11)8-6-7(17-20-8)12(18)15-16-13(19)10-2-1-5-21-10/h1-6H,(H,15,18)(H,16,19). The van der Waals surface area contributed by atoms with Gasteiger partial charge in [-0.15, -0.1) is 22.7 Å². The maximum Gasteiger partial charge on any atom is 0.291 e. The number of thiophene rings is 2. The molecule has 2 amide bonds. The maximum absolute atomic E-state index is 11.9. The first-order chi connectivity index (χ1) is 10.6. The lowest BCUT2D eigenvalue weighted by molar-refractivity contribution is 0.0843. The van der Waals surface area contributed by atoms with Gasteiger partial charge in [0.2, 0.25) is 0 Å². The minimum atomic E-state index is -0.567. The minimum absolute atomic E-state index is 0.0611. The molecule has 6 nitrogen and oxygen atoms in total. The van der Waals surface area contributed by atoms with Crippen molar-refractivity contribution in [1.29, 1.82) is 0 Å². The summed E-state index contributed by atoms with van der Waals surface area (Å²) in [5, 5.41) is 5.44. The normalized spacial score (nSPS) is 10.4. The molecule has 3 aromatic rings. The number of carbonyl (C=O) groups is 2. The van der Waals surface area contributed by atoms with Gasteiger partial charge in [0.05, 0.1) is 14.1 Å². The molecule has 0 fully saturated rings. The number of aromatic nitrogens is 1. The number of nitrogens with one attached hydrogen (secondary N) is 2. The van der Waals surface area contributed by atoms with Crippen molar-refractivity contribution in [2.24, 2.45) is 0 Å². The second kappa shape index (κ2) is 6.30. The topological polar surface area (TPSA) is 84.2 Å². The van der Waals surface area contributed by atoms with Gasteiger partial charge in [-0.25, -0.2) is 0 Å². The van der Waals surface area contributed by atoms with Crippen LogP contribution in [-0.2, 0) is 0 Å². The van der Waals surface area contributed by atoms with Crippen molar-refractivity contribution in [2.45, 2.75) is 0 Å². The van der Waals surface area contributed by atoms with Crippen molar-refractivity contribution in [3.63, 3.8) is 0 Å². The molecular formula is C13H8ClN3O3S2. The fourth-order valence-electron chi connectivity index (χ4n) is 1.59. The second-order valence-electron chi connectivity index (χ2n) is 4.07. The number of hydrazine groups is 1. The van der Waals surface area contributed by atoms with Crippen LogP contribution in [0.2, 0.25) is 4.34 Å². The Morgan fingerprint density at radius 1 is 1.18 bits per heavy atom. The number of hydrogen-bond donors (Lipinski definition) is 2. The molecule has 0 bridgehead atoms. The lowest BCUT2D eigenvalue weighted by atomic mass is 10.3. The molecule has 112 valence electrons. The van der Waals surface area contributed by atoms with Crippen LogP contribution in [0.3, 0.4) is 0 Å². The van der Waals surface area contributed by atoms with Crippen LogP contribution in [0.5, 0.6) is 0 Å². The van der Waals surface area contributed by atoms with E-state index in [1.54, 1.807) is 29.6 Å². The van der Waals surface area contributed by atoms with E-state index < -0.39 is 11.8 Å². The van der Waals surface area contributed by atoms with Gasteiger partial charge in [-0.3, -0.25) is 20.4 Å². The first-order valence-corrected chi connectivity index (χ1v) is 8.07. The lowest BCUT2D eigenvalue weighted by Gasteiger charge is -2.03. The summed E-state index contributed by atoms with van der Waals surface area (Å²) in [6.45, 7) is 0. The Kier molecular flexibility index (Phi) is 4.23. The maximum atomic E-state index is 11.9. The molecule has 0 aliphatic rings. The number of rotatable bonds is 3. The van der Waals surface area contributed by atoms with E-state index in [-0.39, 0.29) is 5.69 Å². The van der Waals surface area contributed by atoms with Crippen molar-refractivity contribution in [1.82, 2.24) is 16.0 Å². The van der Waals surface area contributed by atoms with E-state index in [4.69, 9.17) is 16.1 Å². The van der Waals surface area contributed by atoms with E-state index in [9.17, 15) is 9.59 Å². The third-order valence-corrected chi connectivity index (χ3v) is 4.71. The van der Waals surface area contributed by atoms with Crippen LogP contribution in [0.25, 0.3) is 10.6 Å². The Balaban J connectivity index is 1.63. The van der Waals surface area contributed by atoms with Crippen LogP contribution < -0.4 is 10.9 Å². The van der Waals surface area contributed by atoms with Gasteiger partial charge in [0.1, 0.15) is 0 Å². The first kappa shape index (κ1) is 14.8. The third kappa shape index (κ3) is 3.19. The molecule has 3 aromatic heterocycles. The smallest absolute Gasteiger partial charge is 0.291 e. The van der Waals surface area contributed by atoms with Gasteiger partial charge >= 0.3 is 0 Å². The summed E-state index contributed by atoms with van der Waals surface area (Å²) >= 11 is 8.43. The molecule has 0 saturated heterocycles. The summed E-state index contributed by atoms with van der Waals surface area (Å²) < 4.78 is 5.71. The van der Waals surface area contributed by atoms with Crippen molar-refractivity contribution in [2.75, 3.05) is 0 Å². The number of halogens is 1. The highest BCUT2D eigenvalue weighted by Gasteiger charge is 2.16. The summed E-state index contributed by atoms with van der Waals surface area (Å²) in [4.78, 5) is 24.9. The average Bonchev–Trinajstić information content (AvgIpc) is 3.23. The number of nitrogens with zero attached hydrogens (tertiary/aromatic N) is 1. The van der Waals surface area contributed by atoms with E-state index in [1.807, 2.05) is 0 Å². The molecule has 3 rings (SSSR count). The van der Waals surface area contributed by atoms with Crippen molar-refractivity contribution >= 4 is 46.1 Å². The van der Waals surface area contributed by atoms with Crippen molar-refractivity contribution in [3.8, 4) is 10.6 Å². The highest BCUT2D eigenvalue weighted by molar-refractivity contribution is 7.19. The monoisotopic (exact) mass is 353 g/mol. The molecule has 2 N–H and O–H groups in total. The number of amides is 2. The van der Waals surface area contributed by atoms with Crippen LogP contribution >= 0.6 is 34.3 Å². The molecule has 0 radical (unpaired) electrons. The molecular weight excluding hydrogens is 346 g/mol. The summed E-state index contributed by atoms with van der Waals surface area (Å²) in [5.74, 6) is -0.522. The minimum Gasteiger partial charge on any atom is -0.355 e. The largest absolute Gasteiger partial charge is 0.355 e. The average molecular weight is 354 g/mol. The Morgan fingerprint density at radius 3 is 2.68 bits per heavy atom. The number of hydrogen-bond acceptors (Lipinski definition) is 6. The van der Waals surface area contributed by atoms with E-state index >= 15 is 0 Å². The highest BCUT2D eigenvalue weighted by atomic mass is 35.5. The third-order valence-electron chi connectivity index (χ3n) is 2.59. The summed E-state index contributed by atoms with van der Waals surface area (Å²) in [6.07, 6.45) is 0. The summed E-state index contributed by atoms with van der Waals surface area (Å²) in [6, 6.07) is 8.38. The highest BCUT2D eigenvalue weighted by Crippen LogP contribution is 2.31.